The summed E-state index contributed by atoms with van der Waals surface area (Å²) in [7, 11) is 0. The van der Waals surface area contributed by atoms with E-state index in [-0.39, 0.29) is 5.91 Å². The van der Waals surface area contributed by atoms with Crippen LogP contribution in [-0.2, 0) is 24.1 Å². The van der Waals surface area contributed by atoms with Crippen LogP contribution < -0.4 is 4.90 Å². The Balaban J connectivity index is 1.20. The van der Waals surface area contributed by atoms with E-state index in [1.54, 1.807) is 0 Å². The van der Waals surface area contributed by atoms with Crippen molar-refractivity contribution >= 4 is 33.3 Å². The van der Waals surface area contributed by atoms with Gasteiger partial charge < -0.3 is 9.80 Å². The van der Waals surface area contributed by atoms with Gasteiger partial charge in [0.1, 0.15) is 16.5 Å². The molecule has 0 bridgehead atoms. The van der Waals surface area contributed by atoms with Gasteiger partial charge in [-0.05, 0) is 55.6 Å². The summed E-state index contributed by atoms with van der Waals surface area (Å²) in [5.41, 5.74) is 2.74. The van der Waals surface area contributed by atoms with Crippen LogP contribution in [0.4, 0.5) is 5.82 Å². The van der Waals surface area contributed by atoms with Gasteiger partial charge >= 0.3 is 0 Å². The van der Waals surface area contributed by atoms with Crippen LogP contribution in [0.25, 0.3) is 10.2 Å². The number of aryl methyl sites for hydroxylation is 2. The second kappa shape index (κ2) is 8.71. The molecule has 6 rings (SSSR count). The fourth-order valence-corrected chi connectivity index (χ4v) is 6.70. The normalized spacial score (nSPS) is 20.8. The van der Waals surface area contributed by atoms with Gasteiger partial charge in [0.25, 0.3) is 0 Å². The maximum absolute atomic E-state index is 12.8. The molecule has 3 aromatic rings. The number of piperazine rings is 1. The van der Waals surface area contributed by atoms with Crippen molar-refractivity contribution in [1.29, 1.82) is 0 Å². The van der Waals surface area contributed by atoms with E-state index < -0.39 is 0 Å². The molecule has 0 N–H and O–H groups in total. The highest BCUT2D eigenvalue weighted by molar-refractivity contribution is 7.19. The standard InChI is InChI=1S/C27H32N4OS/c1-18-7-11-21-22(17-18)33-27-24(21)26(28-25(29-27)20-9-10-20)31-15-13-30(14-16-31)23(32)12-8-19-5-3-2-4-6-19/h2-6,18,20H,7-17H2,1H3/t18-/m1/s1. The van der Waals surface area contributed by atoms with Gasteiger partial charge in [0.15, 0.2) is 0 Å². The number of nitrogens with zero attached hydrogens (tertiary/aromatic N) is 4. The molecule has 172 valence electrons. The first-order valence-electron chi connectivity index (χ1n) is 12.5. The molecule has 1 amide bonds. The van der Waals surface area contributed by atoms with Gasteiger partial charge in [0.05, 0.1) is 5.39 Å². The summed E-state index contributed by atoms with van der Waals surface area (Å²) in [6, 6.07) is 10.3. The number of carbonyl (C=O) groups excluding carboxylic acids is 1. The minimum Gasteiger partial charge on any atom is -0.352 e. The first kappa shape index (κ1) is 21.1. The van der Waals surface area contributed by atoms with Crippen LogP contribution in [0.15, 0.2) is 30.3 Å². The summed E-state index contributed by atoms with van der Waals surface area (Å²) in [5.74, 6) is 3.77. The van der Waals surface area contributed by atoms with E-state index >= 15 is 0 Å². The molecule has 3 aliphatic rings. The number of hydrogen-bond acceptors (Lipinski definition) is 5. The number of thiophene rings is 1. The SMILES string of the molecule is C[C@@H]1CCc2c(sc3nc(C4CC4)nc(N4CCN(C(=O)CCc5ccccc5)CC4)c23)C1. The predicted octanol–water partition coefficient (Wildman–Crippen LogP) is 4.97. The number of rotatable bonds is 5. The largest absolute Gasteiger partial charge is 0.352 e. The lowest BCUT2D eigenvalue weighted by Gasteiger charge is -2.36. The topological polar surface area (TPSA) is 49.3 Å². The van der Waals surface area contributed by atoms with Crippen molar-refractivity contribution in [1.82, 2.24) is 14.9 Å². The van der Waals surface area contributed by atoms with E-state index in [2.05, 4.69) is 24.0 Å². The van der Waals surface area contributed by atoms with Gasteiger partial charge in [-0.3, -0.25) is 4.79 Å². The average molecular weight is 461 g/mol. The molecule has 1 aliphatic heterocycles. The third kappa shape index (κ3) is 4.25. The number of benzene rings is 1. The van der Waals surface area contributed by atoms with Crippen molar-refractivity contribution < 1.29 is 4.79 Å². The molecule has 0 spiro atoms. The monoisotopic (exact) mass is 460 g/mol. The zero-order chi connectivity index (χ0) is 22.4. The smallest absolute Gasteiger partial charge is 0.223 e. The van der Waals surface area contributed by atoms with Crippen LogP contribution in [-0.4, -0.2) is 47.0 Å². The Morgan fingerprint density at radius 3 is 2.61 bits per heavy atom. The van der Waals surface area contributed by atoms with Crippen molar-refractivity contribution in [3.8, 4) is 0 Å². The van der Waals surface area contributed by atoms with Crippen molar-refractivity contribution in [2.24, 2.45) is 5.92 Å². The van der Waals surface area contributed by atoms with E-state index in [9.17, 15) is 4.79 Å². The highest BCUT2D eigenvalue weighted by Crippen LogP contribution is 2.44. The highest BCUT2D eigenvalue weighted by atomic mass is 32.1. The first-order chi connectivity index (χ1) is 16.2. The lowest BCUT2D eigenvalue weighted by molar-refractivity contribution is -0.131. The molecule has 2 aliphatic carbocycles. The quantitative estimate of drug-likeness (QED) is 0.539. The summed E-state index contributed by atoms with van der Waals surface area (Å²) >= 11 is 1.91. The van der Waals surface area contributed by atoms with E-state index in [0.29, 0.717) is 12.3 Å². The Labute approximate surface area is 199 Å². The number of amides is 1. The molecule has 2 fully saturated rings. The summed E-state index contributed by atoms with van der Waals surface area (Å²) in [6.45, 7) is 5.63. The van der Waals surface area contributed by atoms with Crippen LogP contribution in [0.1, 0.15) is 60.4 Å². The van der Waals surface area contributed by atoms with Crippen molar-refractivity contribution in [2.45, 2.75) is 57.8 Å². The van der Waals surface area contributed by atoms with E-state index in [1.165, 1.54) is 51.9 Å². The molecule has 0 unspecified atom stereocenters. The van der Waals surface area contributed by atoms with Crippen LogP contribution in [0.3, 0.4) is 0 Å². The zero-order valence-electron chi connectivity index (χ0n) is 19.4. The Morgan fingerprint density at radius 1 is 1.06 bits per heavy atom. The van der Waals surface area contributed by atoms with E-state index in [4.69, 9.17) is 9.97 Å². The molecular formula is C27H32N4OS. The van der Waals surface area contributed by atoms with Crippen molar-refractivity contribution in [3.05, 3.63) is 52.2 Å². The van der Waals surface area contributed by atoms with Gasteiger partial charge in [-0.1, -0.05) is 37.3 Å². The molecule has 0 radical (unpaired) electrons. The third-order valence-electron chi connectivity index (χ3n) is 7.50. The highest BCUT2D eigenvalue weighted by Gasteiger charge is 2.32. The van der Waals surface area contributed by atoms with Crippen LogP contribution in [0, 0.1) is 5.92 Å². The van der Waals surface area contributed by atoms with E-state index in [0.717, 1.165) is 56.6 Å². The minimum atomic E-state index is 0.270. The predicted molar refractivity (Wildman–Crippen MR) is 134 cm³/mol. The summed E-state index contributed by atoms with van der Waals surface area (Å²) < 4.78 is 0. The number of hydrogen-bond donors (Lipinski definition) is 0. The number of carbonyl (C=O) groups is 1. The lowest BCUT2D eigenvalue weighted by Crippen LogP contribution is -2.49. The molecule has 2 aromatic heterocycles. The van der Waals surface area contributed by atoms with Crippen LogP contribution in [0.5, 0.6) is 0 Å². The maximum atomic E-state index is 12.8. The second-order valence-corrected chi connectivity index (χ2v) is 11.1. The van der Waals surface area contributed by atoms with Gasteiger partial charge in [-0.15, -0.1) is 11.3 Å². The summed E-state index contributed by atoms with van der Waals surface area (Å²) in [4.78, 5) is 30.2. The van der Waals surface area contributed by atoms with Gasteiger partial charge in [0.2, 0.25) is 5.91 Å². The maximum Gasteiger partial charge on any atom is 0.223 e. The Morgan fingerprint density at radius 2 is 1.85 bits per heavy atom. The number of fused-ring (bicyclic) bond motifs is 3. The first-order valence-corrected chi connectivity index (χ1v) is 13.4. The van der Waals surface area contributed by atoms with Crippen molar-refractivity contribution in [3.63, 3.8) is 0 Å². The molecular weight excluding hydrogens is 428 g/mol. The Kier molecular flexibility index (Phi) is 5.57. The van der Waals surface area contributed by atoms with Crippen LogP contribution >= 0.6 is 11.3 Å². The molecule has 6 heteroatoms. The fraction of sp³-hybridized carbons (Fsp3) is 0.519. The van der Waals surface area contributed by atoms with Gasteiger partial charge in [-0.25, -0.2) is 9.97 Å². The van der Waals surface area contributed by atoms with Crippen LogP contribution in [0.2, 0.25) is 0 Å². The Hall–Kier alpha value is -2.47. The average Bonchev–Trinajstić information content (AvgIpc) is 3.63. The lowest BCUT2D eigenvalue weighted by atomic mass is 9.89. The second-order valence-electron chi connectivity index (χ2n) is 10.1. The molecule has 1 saturated heterocycles. The molecule has 1 aromatic carbocycles. The van der Waals surface area contributed by atoms with Gasteiger partial charge in [0, 0.05) is 43.4 Å². The number of anilines is 1. The minimum absolute atomic E-state index is 0.270. The molecule has 1 atom stereocenters. The Bertz CT molecular complexity index is 1160. The molecule has 5 nitrogen and oxygen atoms in total. The van der Waals surface area contributed by atoms with E-state index in [1.807, 2.05) is 34.4 Å². The zero-order valence-corrected chi connectivity index (χ0v) is 20.2. The van der Waals surface area contributed by atoms with Gasteiger partial charge in [-0.2, -0.15) is 0 Å². The number of aromatic nitrogens is 2. The summed E-state index contributed by atoms with van der Waals surface area (Å²) in [6.07, 6.45) is 7.42. The molecule has 3 heterocycles. The summed E-state index contributed by atoms with van der Waals surface area (Å²) in [5, 5.41) is 1.31. The molecule has 33 heavy (non-hydrogen) atoms. The fourth-order valence-electron chi connectivity index (χ4n) is 5.31. The van der Waals surface area contributed by atoms with Crippen molar-refractivity contribution in [2.75, 3.05) is 31.1 Å². The molecule has 1 saturated carbocycles. The third-order valence-corrected chi connectivity index (χ3v) is 8.65.